The van der Waals surface area contributed by atoms with Crippen LogP contribution in [0.5, 0.6) is 0 Å². The predicted octanol–water partition coefficient (Wildman–Crippen LogP) is 14.8. The first-order valence-electron chi connectivity index (χ1n) is 18.2. The summed E-state index contributed by atoms with van der Waals surface area (Å²) in [6.07, 6.45) is 0. The molecule has 0 radical (unpaired) electrons. The summed E-state index contributed by atoms with van der Waals surface area (Å²) in [5.74, 6) is 0. The zero-order valence-electron chi connectivity index (χ0n) is 29.1. The maximum atomic E-state index is 2.42. The Kier molecular flexibility index (Phi) is 6.27. The van der Waals surface area contributed by atoms with Gasteiger partial charge in [0.25, 0.3) is 0 Å². The summed E-state index contributed by atoms with van der Waals surface area (Å²) in [4.78, 5) is 0. The van der Waals surface area contributed by atoms with Gasteiger partial charge in [-0.1, -0.05) is 159 Å². The van der Waals surface area contributed by atoms with Crippen LogP contribution < -0.4 is 0 Å². The molecule has 10 aromatic rings. The Morgan fingerprint density at radius 3 is 1.73 bits per heavy atom. The lowest BCUT2D eigenvalue weighted by Gasteiger charge is -2.21. The van der Waals surface area contributed by atoms with Crippen molar-refractivity contribution in [3.63, 3.8) is 0 Å². The van der Waals surface area contributed by atoms with E-state index in [2.05, 4.69) is 184 Å². The van der Waals surface area contributed by atoms with E-state index in [1.54, 1.807) is 0 Å². The third-order valence-corrected chi connectivity index (χ3v) is 12.8. The molecule has 9 aromatic carbocycles. The van der Waals surface area contributed by atoms with Crippen LogP contribution in [0.2, 0.25) is 0 Å². The van der Waals surface area contributed by atoms with Crippen molar-refractivity contribution in [3.8, 4) is 44.5 Å². The maximum Gasteiger partial charge on any atom is 0.0437 e. The van der Waals surface area contributed by atoms with Gasteiger partial charge in [0.05, 0.1) is 0 Å². The van der Waals surface area contributed by atoms with Crippen molar-refractivity contribution in [2.24, 2.45) is 0 Å². The highest BCUT2D eigenvalue weighted by Crippen LogP contribution is 2.54. The minimum atomic E-state index is 0.00690. The van der Waals surface area contributed by atoms with Crippen LogP contribution in [0.3, 0.4) is 0 Å². The number of fused-ring (bicyclic) bond motifs is 10. The molecule has 0 saturated heterocycles. The van der Waals surface area contributed by atoms with Crippen LogP contribution in [-0.2, 0) is 5.41 Å². The Bertz CT molecular complexity index is 3030. The molecule has 0 fully saturated rings. The van der Waals surface area contributed by atoms with Crippen LogP contribution in [0.1, 0.15) is 25.0 Å². The van der Waals surface area contributed by atoms with Gasteiger partial charge in [-0.15, -0.1) is 11.3 Å². The van der Waals surface area contributed by atoms with Gasteiger partial charge in [0, 0.05) is 31.2 Å². The maximum absolute atomic E-state index is 2.42. The van der Waals surface area contributed by atoms with E-state index >= 15 is 0 Å². The van der Waals surface area contributed by atoms with Gasteiger partial charge < -0.3 is 0 Å². The van der Waals surface area contributed by atoms with Crippen molar-refractivity contribution in [1.82, 2.24) is 0 Å². The summed E-state index contributed by atoms with van der Waals surface area (Å²) >= 11 is 1.95. The summed E-state index contributed by atoms with van der Waals surface area (Å²) in [7, 11) is 0. The van der Waals surface area contributed by atoms with Gasteiger partial charge in [0.2, 0.25) is 0 Å². The van der Waals surface area contributed by atoms with Gasteiger partial charge in [-0.05, 0) is 107 Å². The average Bonchev–Trinajstić information content (AvgIpc) is 3.67. The van der Waals surface area contributed by atoms with E-state index in [1.165, 1.54) is 108 Å². The predicted molar refractivity (Wildman–Crippen MR) is 226 cm³/mol. The highest BCUT2D eigenvalue weighted by Gasteiger charge is 2.36. The van der Waals surface area contributed by atoms with Crippen LogP contribution in [0.15, 0.2) is 170 Å². The van der Waals surface area contributed by atoms with Gasteiger partial charge in [-0.3, -0.25) is 0 Å². The summed E-state index contributed by atoms with van der Waals surface area (Å²) in [6, 6.07) is 63.3. The standard InChI is InChI=1S/C51H34S/c1-51(2)44-22-11-10-21-42(44)49-45(51)26-25-41-43-29-34-24-23-33(28-36(34)30-46(43)52-50(41)49)32-15-12-16-35(27-32)48-39-19-8-6-17-37(39)47(31-13-4-3-5-14-31)38-18-7-9-20-40(38)48/h3-30H,1-2H3. The number of rotatable bonds is 3. The molecular weight excluding hydrogens is 645 g/mol. The normalized spacial score (nSPS) is 13.3. The Morgan fingerprint density at radius 2 is 0.981 bits per heavy atom. The summed E-state index contributed by atoms with van der Waals surface area (Å²) < 4.78 is 2.76. The molecule has 0 saturated carbocycles. The van der Waals surface area contributed by atoms with Gasteiger partial charge >= 0.3 is 0 Å². The minimum absolute atomic E-state index is 0.00690. The molecule has 0 amide bonds. The average molecular weight is 679 g/mol. The molecule has 1 heteroatoms. The molecule has 244 valence electrons. The first-order valence-corrected chi connectivity index (χ1v) is 19.0. The van der Waals surface area contributed by atoms with E-state index < -0.39 is 0 Å². The third kappa shape index (κ3) is 4.21. The second kappa shape index (κ2) is 11.0. The van der Waals surface area contributed by atoms with Gasteiger partial charge in [0.15, 0.2) is 0 Å². The molecule has 0 nitrogen and oxygen atoms in total. The summed E-state index contributed by atoms with van der Waals surface area (Å²) in [5, 5.41) is 10.4. The van der Waals surface area contributed by atoms with Crippen LogP contribution in [0.25, 0.3) is 97.0 Å². The van der Waals surface area contributed by atoms with Crippen molar-refractivity contribution in [2.45, 2.75) is 19.3 Å². The van der Waals surface area contributed by atoms with E-state index in [1.807, 2.05) is 11.3 Å². The second-order valence-electron chi connectivity index (χ2n) is 14.8. The lowest BCUT2D eigenvalue weighted by molar-refractivity contribution is 0.661. The molecule has 0 unspecified atom stereocenters. The first kappa shape index (κ1) is 29.7. The molecule has 1 aliphatic rings. The Labute approximate surface area is 307 Å². The highest BCUT2D eigenvalue weighted by atomic mass is 32.1. The molecule has 0 bridgehead atoms. The fourth-order valence-electron chi connectivity index (χ4n) is 9.15. The van der Waals surface area contributed by atoms with Crippen molar-refractivity contribution in [3.05, 3.63) is 181 Å². The number of benzene rings is 9. The fraction of sp³-hybridized carbons (Fsp3) is 0.0588. The first-order chi connectivity index (χ1) is 25.5. The monoisotopic (exact) mass is 678 g/mol. The van der Waals surface area contributed by atoms with E-state index in [0.717, 1.165) is 0 Å². The molecule has 11 rings (SSSR count). The Morgan fingerprint density at radius 1 is 0.365 bits per heavy atom. The van der Waals surface area contributed by atoms with E-state index in [9.17, 15) is 0 Å². The molecule has 0 spiro atoms. The largest absolute Gasteiger partial charge is 0.134 e. The zero-order chi connectivity index (χ0) is 34.6. The van der Waals surface area contributed by atoms with E-state index in [-0.39, 0.29) is 5.41 Å². The summed E-state index contributed by atoms with van der Waals surface area (Å²) in [6.45, 7) is 4.73. The highest BCUT2D eigenvalue weighted by molar-refractivity contribution is 7.26. The Balaban J connectivity index is 1.07. The van der Waals surface area contributed by atoms with Crippen molar-refractivity contribution < 1.29 is 0 Å². The number of thiophene rings is 1. The van der Waals surface area contributed by atoms with Crippen molar-refractivity contribution in [1.29, 1.82) is 0 Å². The lowest BCUT2D eigenvalue weighted by atomic mass is 9.82. The molecule has 0 N–H and O–H groups in total. The number of hydrogen-bond acceptors (Lipinski definition) is 1. The quantitative estimate of drug-likeness (QED) is 0.163. The van der Waals surface area contributed by atoms with Crippen molar-refractivity contribution >= 4 is 63.8 Å². The molecule has 0 aliphatic heterocycles. The third-order valence-electron chi connectivity index (χ3n) is 11.6. The molecule has 0 atom stereocenters. The zero-order valence-corrected chi connectivity index (χ0v) is 29.9. The summed E-state index contributed by atoms with van der Waals surface area (Å²) in [5.41, 5.74) is 13.2. The van der Waals surface area contributed by atoms with Gasteiger partial charge in [0.1, 0.15) is 0 Å². The lowest BCUT2D eigenvalue weighted by Crippen LogP contribution is -2.14. The molecular formula is C51H34S. The Hall–Kier alpha value is -6.02. The fourth-order valence-corrected chi connectivity index (χ4v) is 10.4. The molecule has 1 heterocycles. The minimum Gasteiger partial charge on any atom is -0.134 e. The molecule has 1 aromatic heterocycles. The molecule has 1 aliphatic carbocycles. The van der Waals surface area contributed by atoms with Gasteiger partial charge in [-0.2, -0.15) is 0 Å². The smallest absolute Gasteiger partial charge is 0.0437 e. The van der Waals surface area contributed by atoms with Crippen LogP contribution in [-0.4, -0.2) is 0 Å². The topological polar surface area (TPSA) is 0 Å². The SMILES string of the molecule is CC1(C)c2ccccc2-c2c1ccc1c2sc2cc3cc(-c4cccc(-c5c6ccccc6c(-c6ccccc6)c6ccccc56)c4)ccc3cc21. The van der Waals surface area contributed by atoms with E-state index in [4.69, 9.17) is 0 Å². The number of hydrogen-bond donors (Lipinski definition) is 0. The van der Waals surface area contributed by atoms with Crippen molar-refractivity contribution in [2.75, 3.05) is 0 Å². The second-order valence-corrected chi connectivity index (χ2v) is 15.9. The van der Waals surface area contributed by atoms with Gasteiger partial charge in [-0.25, -0.2) is 0 Å². The van der Waals surface area contributed by atoms with Crippen LogP contribution >= 0.6 is 11.3 Å². The van der Waals surface area contributed by atoms with Crippen LogP contribution in [0, 0.1) is 0 Å². The van der Waals surface area contributed by atoms with Crippen LogP contribution in [0.4, 0.5) is 0 Å². The van der Waals surface area contributed by atoms with E-state index in [0.29, 0.717) is 0 Å². The molecule has 52 heavy (non-hydrogen) atoms.